The van der Waals surface area contributed by atoms with Crippen molar-refractivity contribution in [2.45, 2.75) is 51.9 Å². The number of hydrogen-bond donors (Lipinski definition) is 0. The molecule has 0 aliphatic heterocycles. The van der Waals surface area contributed by atoms with Crippen molar-refractivity contribution in [3.05, 3.63) is 40.6 Å². The molecule has 25 heavy (non-hydrogen) atoms. The number of benzene rings is 1. The van der Waals surface area contributed by atoms with Crippen molar-refractivity contribution in [1.29, 1.82) is 0 Å². The molecule has 0 unspecified atom stereocenters. The molecule has 2 aromatic rings. The molecule has 0 aliphatic rings. The predicted octanol–water partition coefficient (Wildman–Crippen LogP) is 4.62. The summed E-state index contributed by atoms with van der Waals surface area (Å²) in [7, 11) is -0.150. The summed E-state index contributed by atoms with van der Waals surface area (Å²) in [5, 5.41) is 0.193. The van der Waals surface area contributed by atoms with Crippen molar-refractivity contribution in [3.63, 3.8) is 0 Å². The van der Waals surface area contributed by atoms with Crippen LogP contribution in [0.2, 0.25) is 18.1 Å². The molecule has 2 rings (SSSR count). The van der Waals surface area contributed by atoms with Gasteiger partial charge in [-0.2, -0.15) is 0 Å². The second-order valence-corrected chi connectivity index (χ2v) is 12.6. The van der Waals surface area contributed by atoms with Gasteiger partial charge in [0.05, 0.1) is 18.9 Å². The molecule has 0 amide bonds. The maximum atomic E-state index is 12.1. The van der Waals surface area contributed by atoms with Gasteiger partial charge in [-0.25, -0.2) is 4.79 Å². The highest BCUT2D eigenvalue weighted by molar-refractivity contribution is 6.74. The van der Waals surface area contributed by atoms with Crippen molar-refractivity contribution in [3.8, 4) is 0 Å². The number of aryl methyl sites for hydroxylation is 1. The Morgan fingerprint density at radius 3 is 2.64 bits per heavy atom. The van der Waals surface area contributed by atoms with Gasteiger partial charge in [-0.1, -0.05) is 26.8 Å². The van der Waals surface area contributed by atoms with E-state index in [0.29, 0.717) is 18.7 Å². The lowest BCUT2D eigenvalue weighted by Crippen LogP contribution is -2.41. The van der Waals surface area contributed by atoms with Crippen LogP contribution in [0.25, 0.3) is 17.2 Å². The molecule has 0 spiro atoms. The first-order valence-corrected chi connectivity index (χ1v) is 11.5. The Morgan fingerprint density at radius 1 is 1.28 bits per heavy atom. The number of ether oxygens (including phenoxy) is 1. The fourth-order valence-electron chi connectivity index (χ4n) is 2.31. The molecule has 1 heterocycles. The molecule has 0 bridgehead atoms. The first-order valence-electron chi connectivity index (χ1n) is 8.62. The lowest BCUT2D eigenvalue weighted by molar-refractivity contribution is 0.274. The first kappa shape index (κ1) is 19.5. The normalized spacial score (nSPS) is 13.0. The van der Waals surface area contributed by atoms with E-state index in [1.807, 2.05) is 24.3 Å². The Morgan fingerprint density at radius 2 is 2.00 bits per heavy atom. The van der Waals surface area contributed by atoms with E-state index in [0.717, 1.165) is 17.5 Å². The minimum Gasteiger partial charge on any atom is -0.504 e. The number of hydrogen-bond acceptors (Lipinski definition) is 4. The molecule has 0 atom stereocenters. The molecule has 0 aliphatic carbocycles. The predicted molar refractivity (Wildman–Crippen MR) is 104 cm³/mol. The molecular weight excluding hydrogens is 334 g/mol. The lowest BCUT2D eigenvalue weighted by Gasteiger charge is -2.36. The topological polar surface area (TPSA) is 53.6 Å². The molecule has 1 aromatic heterocycles. The van der Waals surface area contributed by atoms with Crippen molar-refractivity contribution in [2.24, 2.45) is 0 Å². The Bertz CT molecular complexity index is 796. The van der Waals surface area contributed by atoms with Crippen molar-refractivity contribution >= 4 is 25.5 Å². The Balaban J connectivity index is 2.05. The monoisotopic (exact) mass is 363 g/mol. The summed E-state index contributed by atoms with van der Waals surface area (Å²) in [5.74, 6) is -0.324. The van der Waals surface area contributed by atoms with Crippen molar-refractivity contribution in [1.82, 2.24) is 4.57 Å². The zero-order valence-corrected chi connectivity index (χ0v) is 17.1. The molecular formula is C19H29NO4Si. The third-order valence-electron chi connectivity index (χ3n) is 4.88. The Kier molecular flexibility index (Phi) is 5.95. The number of oxazole rings is 1. The number of aromatic nitrogens is 1. The Hall–Kier alpha value is -1.79. The molecule has 0 saturated carbocycles. The third-order valence-corrected chi connectivity index (χ3v) is 9.42. The summed E-state index contributed by atoms with van der Waals surface area (Å²) in [5.41, 5.74) is 2.33. The van der Waals surface area contributed by atoms with Gasteiger partial charge in [-0.15, -0.1) is 0 Å². The van der Waals surface area contributed by atoms with Gasteiger partial charge in [0.25, 0.3) is 0 Å². The molecule has 0 fully saturated rings. The number of methoxy groups -OCH3 is 1. The summed E-state index contributed by atoms with van der Waals surface area (Å²) >= 11 is 0. The minimum atomic E-state index is -1.74. The van der Waals surface area contributed by atoms with E-state index in [1.165, 1.54) is 0 Å². The van der Waals surface area contributed by atoms with Gasteiger partial charge in [0, 0.05) is 13.2 Å². The molecule has 6 heteroatoms. The average molecular weight is 364 g/mol. The third kappa shape index (κ3) is 4.64. The second kappa shape index (κ2) is 7.62. The summed E-state index contributed by atoms with van der Waals surface area (Å²) in [4.78, 5) is 12.1. The summed E-state index contributed by atoms with van der Waals surface area (Å²) in [6.45, 7) is 12.4. The van der Waals surface area contributed by atoms with Crippen molar-refractivity contribution in [2.75, 3.05) is 13.7 Å². The van der Waals surface area contributed by atoms with Crippen LogP contribution in [0, 0.1) is 0 Å². The van der Waals surface area contributed by atoms with Crippen LogP contribution in [0.4, 0.5) is 0 Å². The van der Waals surface area contributed by atoms with E-state index in [4.69, 9.17) is 13.6 Å². The zero-order valence-electron chi connectivity index (χ0n) is 16.1. The van der Waals surface area contributed by atoms with E-state index in [9.17, 15) is 4.79 Å². The summed E-state index contributed by atoms with van der Waals surface area (Å²) in [6.07, 6.45) is 4.20. The molecule has 0 N–H and O–H groups in total. The van der Waals surface area contributed by atoms with Crippen LogP contribution in [0.15, 0.2) is 33.7 Å². The summed E-state index contributed by atoms with van der Waals surface area (Å²) in [6, 6.07) is 5.69. The van der Waals surface area contributed by atoms with Gasteiger partial charge in [0.1, 0.15) is 0 Å². The van der Waals surface area contributed by atoms with E-state index in [2.05, 4.69) is 33.9 Å². The van der Waals surface area contributed by atoms with Gasteiger partial charge in [-0.05, 0) is 48.3 Å². The summed E-state index contributed by atoms with van der Waals surface area (Å²) < 4.78 is 18.1. The van der Waals surface area contributed by atoms with Crippen molar-refractivity contribution < 1.29 is 13.6 Å². The van der Waals surface area contributed by atoms with Crippen LogP contribution >= 0.6 is 0 Å². The highest BCUT2D eigenvalue weighted by Crippen LogP contribution is 2.36. The molecule has 0 saturated heterocycles. The maximum absolute atomic E-state index is 12.1. The largest absolute Gasteiger partial charge is 0.504 e. The highest BCUT2D eigenvalue weighted by atomic mass is 28.4. The van der Waals surface area contributed by atoms with Gasteiger partial charge in [0.2, 0.25) is 0 Å². The van der Waals surface area contributed by atoms with Gasteiger partial charge in [0.15, 0.2) is 13.9 Å². The highest BCUT2D eigenvalue weighted by Gasteiger charge is 2.36. The van der Waals surface area contributed by atoms with Crippen LogP contribution in [0.5, 0.6) is 0 Å². The van der Waals surface area contributed by atoms with E-state index in [-0.39, 0.29) is 10.8 Å². The van der Waals surface area contributed by atoms with Gasteiger partial charge < -0.3 is 13.6 Å². The van der Waals surface area contributed by atoms with E-state index >= 15 is 0 Å². The second-order valence-electron chi connectivity index (χ2n) is 7.75. The fourth-order valence-corrected chi connectivity index (χ4v) is 3.40. The number of nitrogens with zero attached hydrogens (tertiary/aromatic N) is 1. The Labute approximate surface area is 150 Å². The molecule has 0 radical (unpaired) electrons. The van der Waals surface area contributed by atoms with Gasteiger partial charge >= 0.3 is 5.76 Å². The van der Waals surface area contributed by atoms with Crippen LogP contribution in [-0.4, -0.2) is 26.6 Å². The maximum Gasteiger partial charge on any atom is 0.419 e. The smallest absolute Gasteiger partial charge is 0.419 e. The molecule has 5 nitrogen and oxygen atoms in total. The SMILES string of the molecule is COC=Cc1ccc2c(c1)oc(=O)n2CCCO[Si](C)(C)C(C)(C)C. The van der Waals surface area contributed by atoms with Crippen LogP contribution in [-0.2, 0) is 15.7 Å². The van der Waals surface area contributed by atoms with Crippen LogP contribution < -0.4 is 5.76 Å². The molecule has 138 valence electrons. The van der Waals surface area contributed by atoms with E-state index < -0.39 is 8.32 Å². The number of rotatable bonds is 7. The standard InChI is InChI=1S/C19H29NO4Si/c1-19(2,3)25(5,6)23-12-7-11-20-16-9-8-15(10-13-22-4)14-17(16)24-18(20)21/h8-10,13-14H,7,11-12H2,1-6H3. The minimum absolute atomic E-state index is 0.193. The average Bonchev–Trinajstić information content (AvgIpc) is 2.83. The van der Waals surface area contributed by atoms with Gasteiger partial charge in [-0.3, -0.25) is 4.57 Å². The van der Waals surface area contributed by atoms with Crippen LogP contribution in [0.1, 0.15) is 32.8 Å². The fraction of sp³-hybridized carbons (Fsp3) is 0.526. The lowest BCUT2D eigenvalue weighted by atomic mass is 10.2. The molecule has 1 aromatic carbocycles. The first-order chi connectivity index (χ1) is 11.7. The zero-order chi connectivity index (χ0) is 18.7. The number of fused-ring (bicyclic) bond motifs is 1. The van der Waals surface area contributed by atoms with E-state index in [1.54, 1.807) is 17.9 Å². The van der Waals surface area contributed by atoms with Crippen LogP contribution in [0.3, 0.4) is 0 Å². The quantitative estimate of drug-likeness (QED) is 0.409.